The SMILES string of the molecule is O=C(O)C1=CCCN(C(=O)CCc2ccccc2)C1. The molecule has 1 N–H and O–H groups in total. The maximum absolute atomic E-state index is 12.0. The van der Waals surface area contributed by atoms with Crippen molar-refractivity contribution in [2.45, 2.75) is 19.3 Å². The van der Waals surface area contributed by atoms with E-state index in [0.717, 1.165) is 5.56 Å². The maximum atomic E-state index is 12.0. The van der Waals surface area contributed by atoms with Crippen LogP contribution in [0.5, 0.6) is 0 Å². The molecule has 100 valence electrons. The molecular formula is C15H17NO3. The summed E-state index contributed by atoms with van der Waals surface area (Å²) in [4.78, 5) is 24.6. The van der Waals surface area contributed by atoms with E-state index >= 15 is 0 Å². The van der Waals surface area contributed by atoms with E-state index < -0.39 is 5.97 Å². The molecule has 1 aliphatic heterocycles. The Morgan fingerprint density at radius 3 is 2.63 bits per heavy atom. The van der Waals surface area contributed by atoms with Gasteiger partial charge in [0.1, 0.15) is 0 Å². The summed E-state index contributed by atoms with van der Waals surface area (Å²) in [6, 6.07) is 9.83. The smallest absolute Gasteiger partial charge is 0.333 e. The molecule has 19 heavy (non-hydrogen) atoms. The van der Waals surface area contributed by atoms with Crippen molar-refractivity contribution in [2.24, 2.45) is 0 Å². The van der Waals surface area contributed by atoms with Crippen LogP contribution in [0.25, 0.3) is 0 Å². The zero-order valence-electron chi connectivity index (χ0n) is 10.7. The molecule has 0 bridgehead atoms. The standard InChI is InChI=1S/C15H17NO3/c17-14(9-8-12-5-2-1-3-6-12)16-10-4-7-13(11-16)15(18)19/h1-3,5-7H,4,8-11H2,(H,18,19). The first-order valence-corrected chi connectivity index (χ1v) is 6.41. The first-order chi connectivity index (χ1) is 9.16. The number of benzene rings is 1. The van der Waals surface area contributed by atoms with Crippen LogP contribution < -0.4 is 0 Å². The molecule has 0 aliphatic carbocycles. The Labute approximate surface area is 112 Å². The molecule has 2 rings (SSSR count). The number of carboxylic acids is 1. The summed E-state index contributed by atoms with van der Waals surface area (Å²) in [5.74, 6) is -0.906. The van der Waals surface area contributed by atoms with Crippen molar-refractivity contribution in [1.29, 1.82) is 0 Å². The van der Waals surface area contributed by atoms with Crippen molar-refractivity contribution in [3.63, 3.8) is 0 Å². The molecule has 0 radical (unpaired) electrons. The summed E-state index contributed by atoms with van der Waals surface area (Å²) in [6.07, 6.45) is 3.45. The molecule has 1 aromatic carbocycles. The van der Waals surface area contributed by atoms with Gasteiger partial charge in [-0.05, 0) is 18.4 Å². The van der Waals surface area contributed by atoms with Gasteiger partial charge in [-0.25, -0.2) is 4.79 Å². The van der Waals surface area contributed by atoms with Crippen LogP contribution in [0.1, 0.15) is 18.4 Å². The van der Waals surface area contributed by atoms with Crippen LogP contribution in [0, 0.1) is 0 Å². The lowest BCUT2D eigenvalue weighted by Gasteiger charge is -2.26. The minimum atomic E-state index is -0.930. The fourth-order valence-electron chi connectivity index (χ4n) is 2.17. The van der Waals surface area contributed by atoms with Gasteiger partial charge in [-0.3, -0.25) is 4.79 Å². The zero-order valence-corrected chi connectivity index (χ0v) is 10.7. The average molecular weight is 259 g/mol. The molecular weight excluding hydrogens is 242 g/mol. The van der Waals surface area contributed by atoms with Gasteiger partial charge in [0, 0.05) is 13.0 Å². The molecule has 0 saturated carbocycles. The number of carboxylic acid groups (broad SMARTS) is 1. The normalized spacial score (nSPS) is 14.9. The van der Waals surface area contributed by atoms with Gasteiger partial charge in [0.15, 0.2) is 0 Å². The Bertz CT molecular complexity index is 493. The second-order valence-electron chi connectivity index (χ2n) is 4.62. The van der Waals surface area contributed by atoms with Crippen LogP contribution in [-0.2, 0) is 16.0 Å². The van der Waals surface area contributed by atoms with Gasteiger partial charge in [-0.15, -0.1) is 0 Å². The fraction of sp³-hybridized carbons (Fsp3) is 0.333. The fourth-order valence-corrected chi connectivity index (χ4v) is 2.17. The van der Waals surface area contributed by atoms with Crippen LogP contribution >= 0.6 is 0 Å². The molecule has 4 heteroatoms. The number of rotatable bonds is 4. The Balaban J connectivity index is 1.87. The van der Waals surface area contributed by atoms with Gasteiger partial charge in [0.05, 0.1) is 12.1 Å². The highest BCUT2D eigenvalue weighted by atomic mass is 16.4. The van der Waals surface area contributed by atoms with Crippen molar-refractivity contribution in [3.05, 3.63) is 47.5 Å². The molecule has 0 spiro atoms. The third-order valence-electron chi connectivity index (χ3n) is 3.25. The molecule has 1 amide bonds. The summed E-state index contributed by atoms with van der Waals surface area (Å²) < 4.78 is 0. The van der Waals surface area contributed by atoms with Gasteiger partial charge >= 0.3 is 5.97 Å². The highest BCUT2D eigenvalue weighted by Crippen LogP contribution is 2.12. The Hall–Kier alpha value is -2.10. The molecule has 1 heterocycles. The van der Waals surface area contributed by atoms with Crippen LogP contribution in [0.4, 0.5) is 0 Å². The number of aryl methyl sites for hydroxylation is 1. The van der Waals surface area contributed by atoms with E-state index in [1.54, 1.807) is 11.0 Å². The lowest BCUT2D eigenvalue weighted by atomic mass is 10.1. The van der Waals surface area contributed by atoms with Crippen LogP contribution in [-0.4, -0.2) is 35.0 Å². The van der Waals surface area contributed by atoms with Gasteiger partial charge in [0.2, 0.25) is 5.91 Å². The van der Waals surface area contributed by atoms with E-state index in [9.17, 15) is 9.59 Å². The predicted molar refractivity (Wildman–Crippen MR) is 71.7 cm³/mol. The number of amides is 1. The van der Waals surface area contributed by atoms with Gasteiger partial charge in [-0.2, -0.15) is 0 Å². The van der Waals surface area contributed by atoms with Crippen molar-refractivity contribution >= 4 is 11.9 Å². The molecule has 4 nitrogen and oxygen atoms in total. The number of carbonyl (C=O) groups is 2. The monoisotopic (exact) mass is 259 g/mol. The molecule has 0 unspecified atom stereocenters. The maximum Gasteiger partial charge on any atom is 0.333 e. The Morgan fingerprint density at radius 2 is 1.95 bits per heavy atom. The van der Waals surface area contributed by atoms with E-state index in [2.05, 4.69) is 0 Å². The van der Waals surface area contributed by atoms with Gasteiger partial charge in [0.25, 0.3) is 0 Å². The lowest BCUT2D eigenvalue weighted by Crippen LogP contribution is -2.37. The summed E-state index contributed by atoms with van der Waals surface area (Å²) >= 11 is 0. The number of hydrogen-bond acceptors (Lipinski definition) is 2. The highest BCUT2D eigenvalue weighted by molar-refractivity contribution is 5.88. The van der Waals surface area contributed by atoms with Crippen molar-refractivity contribution in [3.8, 4) is 0 Å². The molecule has 0 fully saturated rings. The number of aliphatic carboxylic acids is 1. The first-order valence-electron chi connectivity index (χ1n) is 6.41. The minimum absolute atomic E-state index is 0.0238. The second kappa shape index (κ2) is 6.18. The Kier molecular flexibility index (Phi) is 4.34. The molecule has 0 atom stereocenters. The van der Waals surface area contributed by atoms with E-state index in [1.807, 2.05) is 30.3 Å². The average Bonchev–Trinajstić information content (AvgIpc) is 2.46. The number of nitrogens with zero attached hydrogens (tertiary/aromatic N) is 1. The predicted octanol–water partition coefficient (Wildman–Crippen LogP) is 1.86. The summed E-state index contributed by atoms with van der Waals surface area (Å²) in [7, 11) is 0. The summed E-state index contributed by atoms with van der Waals surface area (Å²) in [5, 5.41) is 8.94. The van der Waals surface area contributed by atoms with E-state index in [-0.39, 0.29) is 12.5 Å². The summed E-state index contributed by atoms with van der Waals surface area (Å²) in [5.41, 5.74) is 1.45. The van der Waals surface area contributed by atoms with Crippen molar-refractivity contribution < 1.29 is 14.7 Å². The molecule has 1 aromatic rings. The van der Waals surface area contributed by atoms with Gasteiger partial charge < -0.3 is 10.0 Å². The zero-order chi connectivity index (χ0) is 13.7. The molecule has 1 aliphatic rings. The topological polar surface area (TPSA) is 57.6 Å². The highest BCUT2D eigenvalue weighted by Gasteiger charge is 2.21. The lowest BCUT2D eigenvalue weighted by molar-refractivity contribution is -0.134. The van der Waals surface area contributed by atoms with Crippen LogP contribution in [0.3, 0.4) is 0 Å². The molecule has 0 aromatic heterocycles. The second-order valence-corrected chi connectivity index (χ2v) is 4.62. The number of hydrogen-bond donors (Lipinski definition) is 1. The molecule has 0 saturated heterocycles. The van der Waals surface area contributed by atoms with Crippen molar-refractivity contribution in [2.75, 3.05) is 13.1 Å². The minimum Gasteiger partial charge on any atom is -0.478 e. The Morgan fingerprint density at radius 1 is 1.21 bits per heavy atom. The van der Waals surface area contributed by atoms with Crippen LogP contribution in [0.15, 0.2) is 42.0 Å². The quantitative estimate of drug-likeness (QED) is 0.898. The largest absolute Gasteiger partial charge is 0.478 e. The van der Waals surface area contributed by atoms with Crippen molar-refractivity contribution in [1.82, 2.24) is 4.90 Å². The van der Waals surface area contributed by atoms with E-state index in [1.165, 1.54) is 0 Å². The van der Waals surface area contributed by atoms with E-state index in [4.69, 9.17) is 5.11 Å². The third kappa shape index (κ3) is 3.68. The van der Waals surface area contributed by atoms with E-state index in [0.29, 0.717) is 31.4 Å². The first kappa shape index (κ1) is 13.3. The van der Waals surface area contributed by atoms with Crippen LogP contribution in [0.2, 0.25) is 0 Å². The summed E-state index contributed by atoms with van der Waals surface area (Å²) in [6.45, 7) is 0.841. The van der Waals surface area contributed by atoms with Gasteiger partial charge in [-0.1, -0.05) is 36.4 Å². The number of carbonyl (C=O) groups excluding carboxylic acids is 1. The third-order valence-corrected chi connectivity index (χ3v) is 3.25.